The molecular formula is C22H40N2. The predicted octanol–water partition coefficient (Wildman–Crippen LogP) is 6.94. The Labute approximate surface area is 150 Å². The van der Waals surface area contributed by atoms with E-state index in [0.29, 0.717) is 12.1 Å². The lowest BCUT2D eigenvalue weighted by Crippen LogP contribution is -2.22. The molecule has 0 amide bonds. The van der Waals surface area contributed by atoms with Crippen molar-refractivity contribution >= 4 is 11.4 Å². The van der Waals surface area contributed by atoms with Gasteiger partial charge in [-0.05, 0) is 61.8 Å². The molecule has 0 saturated carbocycles. The number of hydrogen-bond donors (Lipinski definition) is 2. The molecule has 2 unspecified atom stereocenters. The van der Waals surface area contributed by atoms with Gasteiger partial charge >= 0.3 is 0 Å². The van der Waals surface area contributed by atoms with Crippen LogP contribution >= 0.6 is 0 Å². The molecular weight excluding hydrogens is 292 g/mol. The second-order valence-corrected chi connectivity index (χ2v) is 7.57. The minimum Gasteiger partial charge on any atom is -0.382 e. The van der Waals surface area contributed by atoms with Crippen LogP contribution in [0, 0.1) is 11.8 Å². The topological polar surface area (TPSA) is 24.1 Å². The SMILES string of the molecule is CCC(C[C@@H](C)CC)Nc1ccc(NC(CC)C[C@@H](C)CC)cc1. The zero-order valence-corrected chi connectivity index (χ0v) is 16.9. The van der Waals surface area contributed by atoms with E-state index in [1.54, 1.807) is 0 Å². The maximum Gasteiger partial charge on any atom is 0.0343 e. The van der Waals surface area contributed by atoms with E-state index in [2.05, 4.69) is 76.4 Å². The van der Waals surface area contributed by atoms with Crippen LogP contribution in [0.2, 0.25) is 0 Å². The van der Waals surface area contributed by atoms with Gasteiger partial charge in [0.25, 0.3) is 0 Å². The van der Waals surface area contributed by atoms with Gasteiger partial charge in [-0.3, -0.25) is 0 Å². The van der Waals surface area contributed by atoms with Gasteiger partial charge in [-0.1, -0.05) is 54.4 Å². The van der Waals surface area contributed by atoms with E-state index in [9.17, 15) is 0 Å². The third-order valence-electron chi connectivity index (χ3n) is 5.38. The second kappa shape index (κ2) is 11.4. The zero-order valence-electron chi connectivity index (χ0n) is 16.9. The van der Waals surface area contributed by atoms with Gasteiger partial charge in [-0.2, -0.15) is 0 Å². The molecule has 2 N–H and O–H groups in total. The summed E-state index contributed by atoms with van der Waals surface area (Å²) in [6.45, 7) is 13.8. The number of anilines is 2. The lowest BCUT2D eigenvalue weighted by molar-refractivity contribution is 0.461. The smallest absolute Gasteiger partial charge is 0.0343 e. The van der Waals surface area contributed by atoms with Gasteiger partial charge in [0, 0.05) is 23.5 Å². The maximum atomic E-state index is 3.70. The Morgan fingerprint density at radius 2 is 0.958 bits per heavy atom. The number of benzene rings is 1. The maximum absolute atomic E-state index is 3.70. The van der Waals surface area contributed by atoms with Crippen LogP contribution in [0.25, 0.3) is 0 Å². The lowest BCUT2D eigenvalue weighted by atomic mass is 9.97. The monoisotopic (exact) mass is 332 g/mol. The Morgan fingerprint density at radius 3 is 1.21 bits per heavy atom. The Hall–Kier alpha value is -1.18. The van der Waals surface area contributed by atoms with Crippen molar-refractivity contribution in [3.8, 4) is 0 Å². The van der Waals surface area contributed by atoms with Gasteiger partial charge in [-0.25, -0.2) is 0 Å². The standard InChI is InChI=1S/C22H40N2/c1-7-17(5)15-19(9-3)23-21-11-13-22(14-12-21)24-20(10-4)16-18(6)8-2/h11-14,17-20,23-24H,7-10,15-16H2,1-6H3/t17-,18-,19?,20?/m0/s1. The van der Waals surface area contributed by atoms with Gasteiger partial charge < -0.3 is 10.6 Å². The molecule has 0 aliphatic heterocycles. The number of nitrogens with one attached hydrogen (secondary N) is 2. The highest BCUT2D eigenvalue weighted by Gasteiger charge is 2.12. The van der Waals surface area contributed by atoms with E-state index in [1.165, 1.54) is 49.9 Å². The van der Waals surface area contributed by atoms with Crippen molar-refractivity contribution in [2.75, 3.05) is 10.6 Å². The molecule has 1 aromatic carbocycles. The molecule has 0 aliphatic carbocycles. The average molecular weight is 333 g/mol. The molecule has 1 aromatic rings. The quantitative estimate of drug-likeness (QED) is 0.433. The van der Waals surface area contributed by atoms with E-state index in [0.717, 1.165) is 11.8 Å². The van der Waals surface area contributed by atoms with E-state index < -0.39 is 0 Å². The lowest BCUT2D eigenvalue weighted by Gasteiger charge is -2.23. The molecule has 0 radical (unpaired) electrons. The third-order valence-corrected chi connectivity index (χ3v) is 5.38. The first-order valence-electron chi connectivity index (χ1n) is 10.1. The number of hydrogen-bond acceptors (Lipinski definition) is 2. The molecule has 0 fully saturated rings. The van der Waals surface area contributed by atoms with Crippen molar-refractivity contribution in [3.63, 3.8) is 0 Å². The van der Waals surface area contributed by atoms with Crippen LogP contribution in [-0.4, -0.2) is 12.1 Å². The van der Waals surface area contributed by atoms with Crippen LogP contribution in [0.1, 0.15) is 80.1 Å². The summed E-state index contributed by atoms with van der Waals surface area (Å²) in [5.41, 5.74) is 2.48. The van der Waals surface area contributed by atoms with Gasteiger partial charge in [0.2, 0.25) is 0 Å². The molecule has 4 atom stereocenters. The van der Waals surface area contributed by atoms with Crippen LogP contribution in [-0.2, 0) is 0 Å². The fourth-order valence-corrected chi connectivity index (χ4v) is 3.09. The summed E-state index contributed by atoms with van der Waals surface area (Å²) in [6, 6.07) is 10.0. The summed E-state index contributed by atoms with van der Waals surface area (Å²) >= 11 is 0. The van der Waals surface area contributed by atoms with E-state index in [-0.39, 0.29) is 0 Å². The zero-order chi connectivity index (χ0) is 17.9. The van der Waals surface area contributed by atoms with Crippen molar-refractivity contribution in [3.05, 3.63) is 24.3 Å². The van der Waals surface area contributed by atoms with Crippen LogP contribution in [0.5, 0.6) is 0 Å². The third kappa shape index (κ3) is 7.59. The highest BCUT2D eigenvalue weighted by Crippen LogP contribution is 2.21. The van der Waals surface area contributed by atoms with E-state index in [4.69, 9.17) is 0 Å². The van der Waals surface area contributed by atoms with Crippen molar-refractivity contribution in [2.45, 2.75) is 92.2 Å². The molecule has 138 valence electrons. The second-order valence-electron chi connectivity index (χ2n) is 7.57. The summed E-state index contributed by atoms with van der Waals surface area (Å²) in [4.78, 5) is 0. The molecule has 24 heavy (non-hydrogen) atoms. The minimum atomic E-state index is 0.576. The molecule has 0 aliphatic rings. The largest absolute Gasteiger partial charge is 0.382 e. The molecule has 0 bridgehead atoms. The average Bonchev–Trinajstić information content (AvgIpc) is 2.61. The Morgan fingerprint density at radius 1 is 0.625 bits per heavy atom. The van der Waals surface area contributed by atoms with Gasteiger partial charge in [0.05, 0.1) is 0 Å². The van der Waals surface area contributed by atoms with E-state index in [1.807, 2.05) is 0 Å². The Kier molecular flexibility index (Phi) is 9.90. The summed E-state index contributed by atoms with van der Waals surface area (Å²) in [5, 5.41) is 7.40. The first kappa shape index (κ1) is 20.9. The van der Waals surface area contributed by atoms with Crippen molar-refractivity contribution in [1.82, 2.24) is 0 Å². The molecule has 1 rings (SSSR count). The number of rotatable bonds is 12. The van der Waals surface area contributed by atoms with Crippen LogP contribution in [0.4, 0.5) is 11.4 Å². The minimum absolute atomic E-state index is 0.576. The fourth-order valence-electron chi connectivity index (χ4n) is 3.09. The highest BCUT2D eigenvalue weighted by molar-refractivity contribution is 5.54. The van der Waals surface area contributed by atoms with Crippen molar-refractivity contribution in [2.24, 2.45) is 11.8 Å². The summed E-state index contributed by atoms with van der Waals surface area (Å²) < 4.78 is 0. The molecule has 0 spiro atoms. The van der Waals surface area contributed by atoms with Gasteiger partial charge in [0.1, 0.15) is 0 Å². The molecule has 2 heteroatoms. The first-order valence-corrected chi connectivity index (χ1v) is 10.1. The first-order chi connectivity index (χ1) is 11.5. The normalized spacial score (nSPS) is 16.2. The summed E-state index contributed by atoms with van der Waals surface area (Å²) in [7, 11) is 0. The Balaban J connectivity index is 2.57. The fraction of sp³-hybridized carbons (Fsp3) is 0.727. The molecule has 0 heterocycles. The summed E-state index contributed by atoms with van der Waals surface area (Å²) in [6.07, 6.45) is 7.37. The van der Waals surface area contributed by atoms with Gasteiger partial charge in [-0.15, -0.1) is 0 Å². The van der Waals surface area contributed by atoms with Gasteiger partial charge in [0.15, 0.2) is 0 Å². The van der Waals surface area contributed by atoms with E-state index >= 15 is 0 Å². The molecule has 0 aromatic heterocycles. The summed E-state index contributed by atoms with van der Waals surface area (Å²) in [5.74, 6) is 1.57. The van der Waals surface area contributed by atoms with Crippen molar-refractivity contribution < 1.29 is 0 Å². The molecule has 0 saturated heterocycles. The van der Waals surface area contributed by atoms with Crippen molar-refractivity contribution in [1.29, 1.82) is 0 Å². The Bertz CT molecular complexity index is 385. The van der Waals surface area contributed by atoms with Crippen LogP contribution in [0.3, 0.4) is 0 Å². The van der Waals surface area contributed by atoms with Crippen LogP contribution in [0.15, 0.2) is 24.3 Å². The highest BCUT2D eigenvalue weighted by atomic mass is 14.9. The predicted molar refractivity (Wildman–Crippen MR) is 110 cm³/mol. The molecule has 2 nitrogen and oxygen atoms in total. The van der Waals surface area contributed by atoms with Crippen LogP contribution < -0.4 is 10.6 Å².